The highest BCUT2D eigenvalue weighted by Gasteiger charge is 2.15. The molecule has 0 atom stereocenters. The highest BCUT2D eigenvalue weighted by Crippen LogP contribution is 2.23. The van der Waals surface area contributed by atoms with Gasteiger partial charge in [-0.15, -0.1) is 0 Å². The molecule has 2 heterocycles. The van der Waals surface area contributed by atoms with Crippen molar-refractivity contribution >= 4 is 23.5 Å². The highest BCUT2D eigenvalue weighted by atomic mass is 16.6. The lowest BCUT2D eigenvalue weighted by molar-refractivity contribution is 0.0530. The van der Waals surface area contributed by atoms with Crippen molar-refractivity contribution in [2.45, 2.75) is 33.0 Å². The van der Waals surface area contributed by atoms with Crippen molar-refractivity contribution in [2.24, 2.45) is 0 Å². The summed E-state index contributed by atoms with van der Waals surface area (Å²) in [6.07, 6.45) is 2.61. The van der Waals surface area contributed by atoms with Gasteiger partial charge >= 0.3 is 6.09 Å². The zero-order valence-electron chi connectivity index (χ0n) is 18.3. The van der Waals surface area contributed by atoms with Crippen molar-refractivity contribution in [3.05, 3.63) is 54.5 Å². The second kappa shape index (κ2) is 10.5. The lowest BCUT2D eigenvalue weighted by Crippen LogP contribution is -2.35. The molecule has 0 spiro atoms. The number of carbonyl (C=O) groups is 1. The third-order valence-electron chi connectivity index (χ3n) is 4.07. The molecule has 0 saturated heterocycles. The fraction of sp³-hybridized carbons (Fsp3) is 0.318. The molecule has 10 heteroatoms. The zero-order valence-corrected chi connectivity index (χ0v) is 18.3. The van der Waals surface area contributed by atoms with Gasteiger partial charge in [0.25, 0.3) is 0 Å². The van der Waals surface area contributed by atoms with Gasteiger partial charge in [0.15, 0.2) is 5.82 Å². The van der Waals surface area contributed by atoms with Crippen molar-refractivity contribution < 1.29 is 14.6 Å². The standard InChI is InChI=1S/C22H27N7O3/c1-22(2,3)32-21(31)25-11-10-24-18-17(8-5-9-23-18)19-26-14-27-20(29-19)28-16-7-4-6-15(12-16)13-30/h4-9,12,14,30H,10-11,13H2,1-3H3,(H,23,24)(H,25,31)(H,26,27,28,29). The number of amides is 1. The Labute approximate surface area is 186 Å². The van der Waals surface area contributed by atoms with Gasteiger partial charge in [0, 0.05) is 25.0 Å². The molecule has 0 bridgehead atoms. The van der Waals surface area contributed by atoms with Gasteiger partial charge in [-0.05, 0) is 50.6 Å². The number of anilines is 3. The number of benzene rings is 1. The van der Waals surface area contributed by atoms with Crippen molar-refractivity contribution in [1.82, 2.24) is 25.3 Å². The number of pyridine rings is 1. The predicted octanol–water partition coefficient (Wildman–Crippen LogP) is 3.11. The summed E-state index contributed by atoms with van der Waals surface area (Å²) in [5.41, 5.74) is 1.68. The molecule has 3 rings (SSSR count). The number of hydrogen-bond acceptors (Lipinski definition) is 9. The van der Waals surface area contributed by atoms with Gasteiger partial charge in [0.2, 0.25) is 5.95 Å². The molecule has 0 aliphatic heterocycles. The van der Waals surface area contributed by atoms with Crippen LogP contribution in [0.4, 0.5) is 22.2 Å². The summed E-state index contributed by atoms with van der Waals surface area (Å²) >= 11 is 0. The summed E-state index contributed by atoms with van der Waals surface area (Å²) in [4.78, 5) is 29.1. The molecule has 3 aromatic rings. The maximum Gasteiger partial charge on any atom is 0.407 e. The molecule has 0 aliphatic rings. The van der Waals surface area contributed by atoms with E-state index in [1.54, 1.807) is 12.3 Å². The quantitative estimate of drug-likeness (QED) is 0.392. The third kappa shape index (κ3) is 6.88. The van der Waals surface area contributed by atoms with E-state index in [4.69, 9.17) is 4.74 Å². The second-order valence-electron chi connectivity index (χ2n) is 7.87. The van der Waals surface area contributed by atoms with Crippen LogP contribution in [0.5, 0.6) is 0 Å². The van der Waals surface area contributed by atoms with E-state index in [1.165, 1.54) is 6.33 Å². The molecular weight excluding hydrogens is 410 g/mol. The third-order valence-corrected chi connectivity index (χ3v) is 4.07. The van der Waals surface area contributed by atoms with Crippen molar-refractivity contribution in [2.75, 3.05) is 23.7 Å². The first-order chi connectivity index (χ1) is 15.3. The number of aliphatic hydroxyl groups excluding tert-OH is 1. The zero-order chi connectivity index (χ0) is 23.0. The average molecular weight is 438 g/mol. The molecule has 0 saturated carbocycles. The van der Waals surface area contributed by atoms with Gasteiger partial charge < -0.3 is 25.8 Å². The van der Waals surface area contributed by atoms with Gasteiger partial charge in [-0.25, -0.2) is 19.7 Å². The number of rotatable bonds is 8. The minimum Gasteiger partial charge on any atom is -0.444 e. The number of aromatic nitrogens is 4. The summed E-state index contributed by atoms with van der Waals surface area (Å²) in [5.74, 6) is 1.39. The Hall–Kier alpha value is -3.79. The number of hydrogen-bond donors (Lipinski definition) is 4. The number of aliphatic hydroxyl groups is 1. The molecule has 0 fully saturated rings. The normalized spacial score (nSPS) is 11.0. The van der Waals surface area contributed by atoms with E-state index in [1.807, 2.05) is 51.1 Å². The van der Waals surface area contributed by atoms with Crippen LogP contribution in [-0.2, 0) is 11.3 Å². The lowest BCUT2D eigenvalue weighted by atomic mass is 10.2. The van der Waals surface area contributed by atoms with E-state index in [2.05, 4.69) is 35.9 Å². The van der Waals surface area contributed by atoms with Crippen LogP contribution in [0, 0.1) is 0 Å². The molecule has 0 unspecified atom stereocenters. The molecule has 1 amide bonds. The Morgan fingerprint density at radius 3 is 2.72 bits per heavy atom. The highest BCUT2D eigenvalue weighted by molar-refractivity contribution is 5.71. The first kappa shape index (κ1) is 22.9. The largest absolute Gasteiger partial charge is 0.444 e. The lowest BCUT2D eigenvalue weighted by Gasteiger charge is -2.19. The first-order valence-electron chi connectivity index (χ1n) is 10.2. The van der Waals surface area contributed by atoms with Gasteiger partial charge in [0.1, 0.15) is 17.7 Å². The fourth-order valence-electron chi connectivity index (χ4n) is 2.75. The van der Waals surface area contributed by atoms with Crippen LogP contribution in [0.1, 0.15) is 26.3 Å². The van der Waals surface area contributed by atoms with E-state index in [0.29, 0.717) is 36.2 Å². The summed E-state index contributed by atoms with van der Waals surface area (Å²) in [6.45, 7) is 6.18. The van der Waals surface area contributed by atoms with Crippen LogP contribution in [0.15, 0.2) is 48.9 Å². The van der Waals surface area contributed by atoms with Crippen molar-refractivity contribution in [1.29, 1.82) is 0 Å². The van der Waals surface area contributed by atoms with E-state index in [9.17, 15) is 9.90 Å². The maximum atomic E-state index is 11.8. The van der Waals surface area contributed by atoms with E-state index in [0.717, 1.165) is 11.3 Å². The monoisotopic (exact) mass is 437 g/mol. The van der Waals surface area contributed by atoms with Crippen molar-refractivity contribution in [3.8, 4) is 11.4 Å². The van der Waals surface area contributed by atoms with E-state index in [-0.39, 0.29) is 6.61 Å². The van der Waals surface area contributed by atoms with Gasteiger partial charge in [0.05, 0.1) is 12.2 Å². The Kier molecular flexibility index (Phi) is 7.50. The number of nitrogens with zero attached hydrogens (tertiary/aromatic N) is 4. The first-order valence-corrected chi connectivity index (χ1v) is 10.2. The maximum absolute atomic E-state index is 11.8. The predicted molar refractivity (Wildman–Crippen MR) is 121 cm³/mol. The van der Waals surface area contributed by atoms with Crippen LogP contribution in [0.2, 0.25) is 0 Å². The summed E-state index contributed by atoms with van der Waals surface area (Å²) in [6, 6.07) is 11.0. The van der Waals surface area contributed by atoms with E-state index >= 15 is 0 Å². The number of ether oxygens (including phenoxy) is 1. The number of nitrogens with one attached hydrogen (secondary N) is 3. The Balaban J connectivity index is 1.66. The smallest absolute Gasteiger partial charge is 0.407 e. The Bertz CT molecular complexity index is 1050. The van der Waals surface area contributed by atoms with E-state index < -0.39 is 11.7 Å². The van der Waals surface area contributed by atoms with Crippen LogP contribution in [0.25, 0.3) is 11.4 Å². The number of carbonyl (C=O) groups excluding carboxylic acids is 1. The minimum atomic E-state index is -0.546. The minimum absolute atomic E-state index is 0.0501. The Morgan fingerprint density at radius 2 is 1.94 bits per heavy atom. The fourth-order valence-corrected chi connectivity index (χ4v) is 2.75. The Morgan fingerprint density at radius 1 is 1.09 bits per heavy atom. The molecule has 168 valence electrons. The second-order valence-corrected chi connectivity index (χ2v) is 7.87. The average Bonchev–Trinajstić information content (AvgIpc) is 2.76. The van der Waals surface area contributed by atoms with Gasteiger partial charge in [-0.1, -0.05) is 12.1 Å². The van der Waals surface area contributed by atoms with Crippen LogP contribution in [0.3, 0.4) is 0 Å². The number of alkyl carbamates (subject to hydrolysis) is 1. The molecule has 1 aromatic carbocycles. The molecule has 0 radical (unpaired) electrons. The van der Waals surface area contributed by atoms with Gasteiger partial charge in [-0.3, -0.25) is 0 Å². The van der Waals surface area contributed by atoms with Gasteiger partial charge in [-0.2, -0.15) is 4.98 Å². The molecular formula is C22H27N7O3. The van der Waals surface area contributed by atoms with Crippen LogP contribution < -0.4 is 16.0 Å². The van der Waals surface area contributed by atoms with Crippen LogP contribution >= 0.6 is 0 Å². The molecule has 32 heavy (non-hydrogen) atoms. The summed E-state index contributed by atoms with van der Waals surface area (Å²) < 4.78 is 5.22. The summed E-state index contributed by atoms with van der Waals surface area (Å²) in [7, 11) is 0. The molecule has 4 N–H and O–H groups in total. The summed E-state index contributed by atoms with van der Waals surface area (Å²) in [5, 5.41) is 18.3. The molecule has 2 aromatic heterocycles. The topological polar surface area (TPSA) is 134 Å². The molecule has 10 nitrogen and oxygen atoms in total. The molecule has 0 aliphatic carbocycles. The SMILES string of the molecule is CC(C)(C)OC(=O)NCCNc1ncccc1-c1ncnc(Nc2cccc(CO)c2)n1. The van der Waals surface area contributed by atoms with Crippen molar-refractivity contribution in [3.63, 3.8) is 0 Å². The van der Waals surface area contributed by atoms with Crippen LogP contribution in [-0.4, -0.2) is 49.8 Å².